The second-order valence-electron chi connectivity index (χ2n) is 14.0. The smallest absolute Gasteiger partial charge is 0.162 e. The summed E-state index contributed by atoms with van der Waals surface area (Å²) in [4.78, 5) is 28.1. The van der Waals surface area contributed by atoms with Crippen molar-refractivity contribution in [1.29, 1.82) is 0 Å². The van der Waals surface area contributed by atoms with Gasteiger partial charge in [0, 0.05) is 69.2 Å². The fourth-order valence-electron chi connectivity index (χ4n) is 7.25. The van der Waals surface area contributed by atoms with Gasteiger partial charge in [-0.1, -0.05) is 100.0 Å². The number of nitrogens with zero attached hydrogens (tertiary/aromatic N) is 2. The molecule has 0 atom stereocenters. The lowest BCUT2D eigenvalue weighted by Crippen LogP contribution is -2.42. The van der Waals surface area contributed by atoms with E-state index in [4.69, 9.17) is 16.7 Å². The Morgan fingerprint density at radius 2 is 1.32 bits per heavy atom. The molecule has 4 aromatic rings. The van der Waals surface area contributed by atoms with Crippen LogP contribution in [0, 0.1) is 10.8 Å². The number of ketones is 2. The van der Waals surface area contributed by atoms with Crippen molar-refractivity contribution in [3.63, 3.8) is 0 Å². The average molecular weight is 602 g/mol. The van der Waals surface area contributed by atoms with E-state index < -0.39 is 5.92 Å². The number of nitrogens with one attached hydrogen (secondary N) is 1. The van der Waals surface area contributed by atoms with E-state index in [9.17, 15) is 9.59 Å². The van der Waals surface area contributed by atoms with Crippen molar-refractivity contribution in [3.05, 3.63) is 118 Å². The number of dihydropyridines is 1. The molecule has 1 aromatic heterocycles. The molecule has 0 saturated carbocycles. The topological polar surface area (TPSA) is 64.0 Å². The van der Waals surface area contributed by atoms with Crippen molar-refractivity contribution in [2.75, 3.05) is 0 Å². The highest BCUT2D eigenvalue weighted by atomic mass is 35.5. The molecule has 0 spiro atoms. The van der Waals surface area contributed by atoms with E-state index in [0.717, 1.165) is 57.9 Å². The molecular weight excluding hydrogens is 566 g/mol. The second kappa shape index (κ2) is 10.4. The standard InChI is InChI=1S/C38H36ClN3O2/c1-37(2)18-29-34(31(43)20-37)33(35-30(40-29)19-38(3,4)21-32(35)44)27-22-42(25-13-9-6-10-14-25)41-36(27)24-15-16-26(28(39)17-24)23-11-7-5-8-12-23/h5-17,22,33,40H,18-21H2,1-4H3. The maximum Gasteiger partial charge on any atom is 0.162 e. The lowest BCUT2D eigenvalue weighted by Gasteiger charge is -2.43. The van der Waals surface area contributed by atoms with Gasteiger partial charge in [-0.05, 0) is 47.4 Å². The summed E-state index contributed by atoms with van der Waals surface area (Å²) in [6, 6.07) is 26.0. The normalized spacial score (nSPS) is 19.5. The molecule has 222 valence electrons. The van der Waals surface area contributed by atoms with E-state index in [1.807, 2.05) is 89.7 Å². The molecule has 0 amide bonds. The molecule has 2 aliphatic carbocycles. The van der Waals surface area contributed by atoms with Gasteiger partial charge in [-0.3, -0.25) is 9.59 Å². The van der Waals surface area contributed by atoms with Crippen LogP contribution < -0.4 is 5.32 Å². The quantitative estimate of drug-likeness (QED) is 0.254. The van der Waals surface area contributed by atoms with Gasteiger partial charge in [-0.25, -0.2) is 4.68 Å². The summed E-state index contributed by atoms with van der Waals surface area (Å²) in [7, 11) is 0. The SMILES string of the molecule is CC1(C)CC(=O)C2=C(C1)NC1=C(C(=O)CC(C)(C)C1)C2c1cn(-c2ccccc2)nc1-c1ccc(-c2ccccc2)c(Cl)c1. The van der Waals surface area contributed by atoms with E-state index >= 15 is 0 Å². The van der Waals surface area contributed by atoms with Crippen LogP contribution in [0.1, 0.15) is 64.9 Å². The molecule has 3 aromatic carbocycles. The summed E-state index contributed by atoms with van der Waals surface area (Å²) in [5.41, 5.74) is 8.23. The highest BCUT2D eigenvalue weighted by Gasteiger charge is 2.47. The summed E-state index contributed by atoms with van der Waals surface area (Å²) in [5.74, 6) is -0.323. The first-order valence-electron chi connectivity index (χ1n) is 15.3. The summed E-state index contributed by atoms with van der Waals surface area (Å²) in [5, 5.41) is 9.37. The molecule has 2 heterocycles. The molecule has 44 heavy (non-hydrogen) atoms. The summed E-state index contributed by atoms with van der Waals surface area (Å²) in [6.07, 6.45) is 4.37. The molecule has 7 rings (SSSR count). The van der Waals surface area contributed by atoms with Crippen LogP contribution in [-0.4, -0.2) is 21.3 Å². The number of carbonyl (C=O) groups is 2. The van der Waals surface area contributed by atoms with Crippen molar-refractivity contribution in [2.45, 2.75) is 59.3 Å². The lowest BCUT2D eigenvalue weighted by atomic mass is 9.64. The zero-order chi connectivity index (χ0) is 30.8. The number of aromatic nitrogens is 2. The van der Waals surface area contributed by atoms with E-state index in [1.165, 1.54) is 0 Å². The van der Waals surface area contributed by atoms with Crippen LogP contribution >= 0.6 is 11.6 Å². The van der Waals surface area contributed by atoms with Gasteiger partial charge in [0.05, 0.1) is 11.4 Å². The van der Waals surface area contributed by atoms with Crippen molar-refractivity contribution >= 4 is 23.2 Å². The Kier molecular flexibility index (Phi) is 6.78. The predicted octanol–water partition coefficient (Wildman–Crippen LogP) is 8.83. The summed E-state index contributed by atoms with van der Waals surface area (Å²) in [6.45, 7) is 8.56. The zero-order valence-corrected chi connectivity index (χ0v) is 26.3. The number of hydrogen-bond acceptors (Lipinski definition) is 4. The zero-order valence-electron chi connectivity index (χ0n) is 25.6. The Morgan fingerprint density at radius 3 is 1.89 bits per heavy atom. The number of para-hydroxylation sites is 1. The number of rotatable bonds is 4. The fourth-order valence-corrected chi connectivity index (χ4v) is 7.54. The minimum absolute atomic E-state index is 0.0915. The van der Waals surface area contributed by atoms with E-state index in [1.54, 1.807) is 0 Å². The third kappa shape index (κ3) is 5.03. The van der Waals surface area contributed by atoms with Gasteiger partial charge in [0.2, 0.25) is 0 Å². The minimum atomic E-state index is -0.506. The average Bonchev–Trinajstić information content (AvgIpc) is 3.41. The maximum absolute atomic E-state index is 14.0. The first kappa shape index (κ1) is 28.5. The van der Waals surface area contributed by atoms with Gasteiger partial charge in [0.15, 0.2) is 11.6 Å². The first-order chi connectivity index (χ1) is 21.0. The van der Waals surface area contributed by atoms with Gasteiger partial charge >= 0.3 is 0 Å². The number of halogens is 1. The van der Waals surface area contributed by atoms with E-state index in [-0.39, 0.29) is 22.4 Å². The molecule has 0 radical (unpaired) electrons. The van der Waals surface area contributed by atoms with Crippen LogP contribution in [-0.2, 0) is 9.59 Å². The van der Waals surface area contributed by atoms with Crippen LogP contribution in [0.2, 0.25) is 5.02 Å². The van der Waals surface area contributed by atoms with Crippen LogP contribution in [0.4, 0.5) is 0 Å². The first-order valence-corrected chi connectivity index (χ1v) is 15.7. The maximum atomic E-state index is 14.0. The highest BCUT2D eigenvalue weighted by Crippen LogP contribution is 2.52. The van der Waals surface area contributed by atoms with Crippen LogP contribution in [0.5, 0.6) is 0 Å². The molecule has 1 N–H and O–H groups in total. The third-order valence-corrected chi connectivity index (χ3v) is 9.43. The Balaban J connectivity index is 1.46. The summed E-state index contributed by atoms with van der Waals surface area (Å²) < 4.78 is 1.86. The number of hydrogen-bond donors (Lipinski definition) is 1. The molecule has 0 unspecified atom stereocenters. The van der Waals surface area contributed by atoms with E-state index in [0.29, 0.717) is 29.0 Å². The van der Waals surface area contributed by atoms with Crippen LogP contribution in [0.25, 0.3) is 28.1 Å². The predicted molar refractivity (Wildman–Crippen MR) is 175 cm³/mol. The molecule has 3 aliphatic rings. The Morgan fingerprint density at radius 1 is 0.750 bits per heavy atom. The van der Waals surface area contributed by atoms with Crippen LogP contribution in [0.15, 0.2) is 108 Å². The largest absolute Gasteiger partial charge is 0.362 e. The highest BCUT2D eigenvalue weighted by molar-refractivity contribution is 6.33. The Bertz CT molecular complexity index is 1830. The van der Waals surface area contributed by atoms with Crippen LogP contribution in [0.3, 0.4) is 0 Å². The van der Waals surface area contributed by atoms with Gasteiger partial charge in [0.25, 0.3) is 0 Å². The number of benzene rings is 3. The Hall–Kier alpha value is -4.22. The van der Waals surface area contributed by atoms with Crippen molar-refractivity contribution in [2.24, 2.45) is 10.8 Å². The lowest BCUT2D eigenvalue weighted by molar-refractivity contribution is -0.119. The van der Waals surface area contributed by atoms with Crippen molar-refractivity contribution in [3.8, 4) is 28.1 Å². The molecule has 6 heteroatoms. The van der Waals surface area contributed by atoms with Gasteiger partial charge in [-0.15, -0.1) is 0 Å². The molecular formula is C38H36ClN3O2. The van der Waals surface area contributed by atoms with Gasteiger partial charge < -0.3 is 5.32 Å². The monoisotopic (exact) mass is 601 g/mol. The Labute approximate surface area is 263 Å². The van der Waals surface area contributed by atoms with E-state index in [2.05, 4.69) is 33.0 Å². The molecule has 5 nitrogen and oxygen atoms in total. The van der Waals surface area contributed by atoms with Crippen molar-refractivity contribution < 1.29 is 9.59 Å². The number of Topliss-reactive ketones (excluding diaryl/α,β-unsaturated/α-hetero) is 2. The van der Waals surface area contributed by atoms with Gasteiger partial charge in [-0.2, -0.15) is 5.10 Å². The second-order valence-corrected chi connectivity index (χ2v) is 14.4. The number of allylic oxidation sites excluding steroid dienone is 4. The molecule has 0 saturated heterocycles. The third-order valence-electron chi connectivity index (χ3n) is 9.12. The molecule has 1 aliphatic heterocycles. The fraction of sp³-hybridized carbons (Fsp3) is 0.289. The van der Waals surface area contributed by atoms with Gasteiger partial charge in [0.1, 0.15) is 0 Å². The minimum Gasteiger partial charge on any atom is -0.362 e. The summed E-state index contributed by atoms with van der Waals surface area (Å²) >= 11 is 6.93. The molecule has 0 bridgehead atoms. The molecule has 0 fully saturated rings. The number of carbonyl (C=O) groups excluding carboxylic acids is 2. The van der Waals surface area contributed by atoms with Crippen molar-refractivity contribution in [1.82, 2.24) is 15.1 Å².